The molecule has 206 valence electrons. The molecule has 39 heavy (non-hydrogen) atoms. The quantitative estimate of drug-likeness (QED) is 0.435. The van der Waals surface area contributed by atoms with Crippen LogP contribution in [0.3, 0.4) is 0 Å². The Morgan fingerprint density at radius 2 is 1.92 bits per heavy atom. The highest BCUT2D eigenvalue weighted by atomic mass is 16.6. The predicted molar refractivity (Wildman–Crippen MR) is 139 cm³/mol. The maximum Gasteiger partial charge on any atom is 0.313 e. The van der Waals surface area contributed by atoms with Crippen molar-refractivity contribution in [3.05, 3.63) is 48.6 Å². The van der Waals surface area contributed by atoms with Crippen molar-refractivity contribution >= 4 is 28.8 Å². The van der Waals surface area contributed by atoms with Gasteiger partial charge in [-0.25, -0.2) is 4.68 Å². The molecule has 1 N–H and O–H groups in total. The number of benzene rings is 1. The van der Waals surface area contributed by atoms with Crippen molar-refractivity contribution in [3.8, 4) is 0 Å². The molecular formula is C28H33N5O6. The van der Waals surface area contributed by atoms with E-state index in [1.165, 1.54) is 4.90 Å². The molecule has 2 saturated heterocycles. The van der Waals surface area contributed by atoms with Crippen molar-refractivity contribution in [1.82, 2.24) is 24.8 Å². The van der Waals surface area contributed by atoms with Crippen LogP contribution in [0.2, 0.25) is 0 Å². The zero-order chi connectivity index (χ0) is 27.4. The number of aromatic nitrogens is 3. The first-order valence-corrected chi connectivity index (χ1v) is 13.6. The van der Waals surface area contributed by atoms with Crippen molar-refractivity contribution in [1.29, 1.82) is 0 Å². The number of amides is 2. The van der Waals surface area contributed by atoms with E-state index in [0.29, 0.717) is 24.8 Å². The Kier molecular flexibility index (Phi) is 6.30. The number of rotatable bonds is 6. The third kappa shape index (κ3) is 3.66. The van der Waals surface area contributed by atoms with Crippen molar-refractivity contribution in [2.75, 3.05) is 19.8 Å². The minimum absolute atomic E-state index is 0.114. The summed E-state index contributed by atoms with van der Waals surface area (Å²) in [5.41, 5.74) is -1.00. The number of nitrogens with zero attached hydrogens (tertiary/aromatic N) is 5. The highest BCUT2D eigenvalue weighted by Gasteiger charge is 2.75. The van der Waals surface area contributed by atoms with Gasteiger partial charge in [-0.1, -0.05) is 55.5 Å². The second-order valence-corrected chi connectivity index (χ2v) is 10.7. The smallest absolute Gasteiger partial charge is 0.313 e. The predicted octanol–water partition coefficient (Wildman–Crippen LogP) is 1.42. The molecule has 11 nitrogen and oxygen atoms in total. The van der Waals surface area contributed by atoms with Crippen molar-refractivity contribution in [2.45, 2.75) is 63.1 Å². The van der Waals surface area contributed by atoms with Gasteiger partial charge in [0.1, 0.15) is 35.3 Å². The Hall–Kier alpha value is -3.57. The summed E-state index contributed by atoms with van der Waals surface area (Å²) in [5.74, 6) is -3.09. The minimum Gasteiger partial charge on any atom is -0.465 e. The molecule has 0 radical (unpaired) electrons. The van der Waals surface area contributed by atoms with E-state index < -0.39 is 41.1 Å². The number of hydrogen-bond acceptors (Lipinski definition) is 8. The zero-order valence-electron chi connectivity index (χ0n) is 22.1. The van der Waals surface area contributed by atoms with Crippen LogP contribution in [0.15, 0.2) is 48.6 Å². The fourth-order valence-corrected chi connectivity index (χ4v) is 6.83. The van der Waals surface area contributed by atoms with Gasteiger partial charge >= 0.3 is 5.97 Å². The average Bonchev–Trinajstić information content (AvgIpc) is 3.51. The van der Waals surface area contributed by atoms with Gasteiger partial charge in [0.15, 0.2) is 0 Å². The molecule has 5 heterocycles. The Balaban J connectivity index is 1.47. The van der Waals surface area contributed by atoms with Gasteiger partial charge in [0.2, 0.25) is 5.91 Å². The number of esters is 1. The van der Waals surface area contributed by atoms with Crippen molar-refractivity contribution < 1.29 is 29.0 Å². The second-order valence-electron chi connectivity index (χ2n) is 10.7. The molecule has 1 unspecified atom stereocenters. The van der Waals surface area contributed by atoms with Crippen LogP contribution in [-0.2, 0) is 30.5 Å². The van der Waals surface area contributed by atoms with E-state index in [2.05, 4.69) is 10.3 Å². The third-order valence-electron chi connectivity index (χ3n) is 8.72. The first kappa shape index (κ1) is 25.7. The van der Waals surface area contributed by atoms with Crippen LogP contribution >= 0.6 is 0 Å². The molecule has 4 aliphatic heterocycles. The van der Waals surface area contributed by atoms with Crippen LogP contribution in [-0.4, -0.2) is 90.7 Å². The van der Waals surface area contributed by atoms with E-state index in [0.717, 1.165) is 5.52 Å². The molecule has 0 aliphatic carbocycles. The van der Waals surface area contributed by atoms with Gasteiger partial charge in [-0.3, -0.25) is 14.4 Å². The fourth-order valence-electron chi connectivity index (χ4n) is 6.83. The molecule has 1 aromatic heterocycles. The summed E-state index contributed by atoms with van der Waals surface area (Å²) in [6.07, 6.45) is 8.83. The molecule has 4 aliphatic rings. The highest BCUT2D eigenvalue weighted by molar-refractivity contribution is 5.99. The molecule has 2 aromatic rings. The van der Waals surface area contributed by atoms with Crippen LogP contribution < -0.4 is 0 Å². The summed E-state index contributed by atoms with van der Waals surface area (Å²) < 4.78 is 14.1. The second kappa shape index (κ2) is 9.56. The van der Waals surface area contributed by atoms with E-state index in [1.807, 2.05) is 56.3 Å². The van der Waals surface area contributed by atoms with E-state index in [-0.39, 0.29) is 38.2 Å². The van der Waals surface area contributed by atoms with Crippen LogP contribution in [0.1, 0.15) is 33.1 Å². The first-order valence-electron chi connectivity index (χ1n) is 13.6. The van der Waals surface area contributed by atoms with E-state index in [4.69, 9.17) is 9.47 Å². The number of para-hydroxylation sites is 1. The summed E-state index contributed by atoms with van der Waals surface area (Å²) in [7, 11) is 0. The average molecular weight is 536 g/mol. The summed E-state index contributed by atoms with van der Waals surface area (Å²) in [6.45, 7) is 4.03. The normalized spacial score (nSPS) is 32.9. The number of carbonyl (C=O) groups excluding carboxylic acids is 3. The number of aliphatic hydroxyl groups is 1. The van der Waals surface area contributed by atoms with Crippen LogP contribution in [0.4, 0.5) is 0 Å². The Bertz CT molecular complexity index is 1370. The number of fused-ring (bicyclic) bond motifs is 3. The summed E-state index contributed by atoms with van der Waals surface area (Å²) >= 11 is 0. The lowest BCUT2D eigenvalue weighted by atomic mass is 9.73. The van der Waals surface area contributed by atoms with E-state index in [9.17, 15) is 19.5 Å². The number of hydrogen-bond donors (Lipinski definition) is 1. The molecule has 0 saturated carbocycles. The largest absolute Gasteiger partial charge is 0.465 e. The monoisotopic (exact) mass is 535 g/mol. The van der Waals surface area contributed by atoms with E-state index >= 15 is 0 Å². The summed E-state index contributed by atoms with van der Waals surface area (Å²) in [4.78, 5) is 45.3. The molecule has 6 atom stereocenters. The van der Waals surface area contributed by atoms with Crippen LogP contribution in [0.25, 0.3) is 11.0 Å². The molecule has 0 bridgehead atoms. The molecule has 2 amide bonds. The topological polar surface area (TPSA) is 127 Å². The number of likely N-dealkylation sites (tertiary alicyclic amines) is 1. The summed E-state index contributed by atoms with van der Waals surface area (Å²) in [5, 5.41) is 18.7. The standard InChI is InChI=1S/C28H33N5O6/c1-3-18(16-34)33-23-25(36)31(17-32-20-11-6-5-10-19(20)29-30-32)14-9-13-28(23)21(24(33)35)22-26(37)38-15-8-7-12-27(22,4-2)39-28/h5-7,9-13,18,21-23,34H,3-4,8,14-17H2,1-2H3/t18-,21-,22+,23?,27-,28-/m0/s1. The van der Waals surface area contributed by atoms with Crippen molar-refractivity contribution in [2.24, 2.45) is 11.8 Å². The molecular weight excluding hydrogens is 502 g/mol. The molecule has 2 fully saturated rings. The Labute approximate surface area is 226 Å². The highest BCUT2D eigenvalue weighted by Crippen LogP contribution is 2.58. The third-order valence-corrected chi connectivity index (χ3v) is 8.72. The van der Waals surface area contributed by atoms with Gasteiger partial charge in [-0.05, 0) is 31.4 Å². The van der Waals surface area contributed by atoms with Gasteiger partial charge in [-0.2, -0.15) is 0 Å². The SMILES string of the molecule is CC[C@@H](CO)N1C(=O)[C@@H]2[C@@H]3C(=O)OCCC=C[C@]3(CC)O[C@@]23C=CCN(Cn2nnc4ccccc42)C(=O)C13. The lowest BCUT2D eigenvalue weighted by Crippen LogP contribution is -2.59. The lowest BCUT2D eigenvalue weighted by molar-refractivity contribution is -0.164. The fraction of sp³-hybridized carbons (Fsp3) is 0.536. The minimum atomic E-state index is -1.40. The molecule has 6 rings (SSSR count). The molecule has 1 spiro atoms. The zero-order valence-corrected chi connectivity index (χ0v) is 22.1. The molecule has 1 aromatic carbocycles. The number of aliphatic hydroxyl groups excluding tert-OH is 1. The first-order chi connectivity index (χ1) is 18.9. The van der Waals surface area contributed by atoms with Crippen LogP contribution in [0.5, 0.6) is 0 Å². The molecule has 11 heteroatoms. The van der Waals surface area contributed by atoms with Crippen LogP contribution in [0, 0.1) is 11.8 Å². The Morgan fingerprint density at radius 3 is 2.69 bits per heavy atom. The maximum atomic E-state index is 14.5. The van der Waals surface area contributed by atoms with Crippen molar-refractivity contribution in [3.63, 3.8) is 0 Å². The number of cyclic esters (lactones) is 1. The van der Waals surface area contributed by atoms with Gasteiger partial charge in [0.25, 0.3) is 5.91 Å². The number of carbonyl (C=O) groups is 3. The summed E-state index contributed by atoms with van der Waals surface area (Å²) in [6, 6.07) is 5.80. The van der Waals surface area contributed by atoms with Gasteiger partial charge < -0.3 is 24.4 Å². The van der Waals surface area contributed by atoms with E-state index in [1.54, 1.807) is 15.7 Å². The lowest BCUT2D eigenvalue weighted by Gasteiger charge is -2.40. The maximum absolute atomic E-state index is 14.5. The van der Waals surface area contributed by atoms with Gasteiger partial charge in [0.05, 0.1) is 30.7 Å². The Morgan fingerprint density at radius 1 is 1.10 bits per heavy atom. The van der Waals surface area contributed by atoms with Gasteiger partial charge in [0, 0.05) is 6.54 Å². The number of ether oxygens (including phenoxy) is 2. The van der Waals surface area contributed by atoms with Gasteiger partial charge in [-0.15, -0.1) is 5.10 Å².